The summed E-state index contributed by atoms with van der Waals surface area (Å²) in [6.45, 7) is 1.01. The summed E-state index contributed by atoms with van der Waals surface area (Å²) in [7, 11) is 1.51. The van der Waals surface area contributed by atoms with Crippen molar-refractivity contribution >= 4 is 12.0 Å². The molecule has 9 heteroatoms. The first kappa shape index (κ1) is 19.4. The van der Waals surface area contributed by atoms with E-state index in [1.165, 1.54) is 7.11 Å². The maximum absolute atomic E-state index is 12.3. The molecular formula is C19H22N4O5. The lowest BCUT2D eigenvalue weighted by molar-refractivity contribution is -0.129. The first-order valence-corrected chi connectivity index (χ1v) is 8.91. The first-order chi connectivity index (χ1) is 13.6. The Kier molecular flexibility index (Phi) is 6.61. The van der Waals surface area contributed by atoms with Gasteiger partial charge >= 0.3 is 6.09 Å². The fraction of sp³-hybridized carbons (Fsp3) is 0.368. The smallest absolute Gasteiger partial charge is 0.407 e. The number of carbonyl (C=O) groups excluding carboxylic acids is 2. The van der Waals surface area contributed by atoms with E-state index in [0.717, 1.165) is 5.56 Å². The van der Waals surface area contributed by atoms with Crippen LogP contribution < -0.4 is 14.8 Å². The SMILES string of the molecule is COc1ccc(OC2CCN(C(=O)CNC(=O)OCc3ccccc3)C2)nn1. The van der Waals surface area contributed by atoms with E-state index in [4.69, 9.17) is 14.2 Å². The summed E-state index contributed by atoms with van der Waals surface area (Å²) in [6, 6.07) is 12.7. The third kappa shape index (κ3) is 5.57. The number of ether oxygens (including phenoxy) is 3. The number of carbonyl (C=O) groups is 2. The largest absolute Gasteiger partial charge is 0.480 e. The van der Waals surface area contributed by atoms with Crippen molar-refractivity contribution in [1.29, 1.82) is 0 Å². The fourth-order valence-corrected chi connectivity index (χ4v) is 2.73. The predicted molar refractivity (Wildman–Crippen MR) is 98.8 cm³/mol. The van der Waals surface area contributed by atoms with Crippen LogP contribution in [0.25, 0.3) is 0 Å². The van der Waals surface area contributed by atoms with Crippen molar-refractivity contribution in [3.8, 4) is 11.8 Å². The zero-order chi connectivity index (χ0) is 19.8. The molecule has 2 amide bonds. The van der Waals surface area contributed by atoms with Gasteiger partial charge in [-0.3, -0.25) is 4.79 Å². The summed E-state index contributed by atoms with van der Waals surface area (Å²) < 4.78 is 15.8. The van der Waals surface area contributed by atoms with E-state index in [-0.39, 0.29) is 25.2 Å². The van der Waals surface area contributed by atoms with Crippen LogP contribution in [0.5, 0.6) is 11.8 Å². The molecule has 1 aromatic carbocycles. The molecule has 1 atom stereocenters. The molecule has 1 N–H and O–H groups in total. The zero-order valence-electron chi connectivity index (χ0n) is 15.5. The number of aromatic nitrogens is 2. The maximum atomic E-state index is 12.3. The number of hydrogen-bond acceptors (Lipinski definition) is 7. The van der Waals surface area contributed by atoms with Gasteiger partial charge in [0.1, 0.15) is 19.3 Å². The molecule has 0 saturated carbocycles. The number of benzene rings is 1. The molecule has 3 rings (SSSR count). The van der Waals surface area contributed by atoms with Crippen LogP contribution in [-0.4, -0.2) is 59.9 Å². The second-order valence-electron chi connectivity index (χ2n) is 6.20. The Hall–Kier alpha value is -3.36. The van der Waals surface area contributed by atoms with Gasteiger partial charge in [-0.15, -0.1) is 10.2 Å². The molecule has 148 valence electrons. The van der Waals surface area contributed by atoms with Crippen molar-refractivity contribution < 1.29 is 23.8 Å². The second kappa shape index (κ2) is 9.54. The Labute approximate surface area is 162 Å². The Morgan fingerprint density at radius 3 is 2.61 bits per heavy atom. The number of alkyl carbamates (subject to hydrolysis) is 1. The van der Waals surface area contributed by atoms with E-state index in [0.29, 0.717) is 31.3 Å². The van der Waals surface area contributed by atoms with Gasteiger partial charge in [-0.2, -0.15) is 0 Å². The first-order valence-electron chi connectivity index (χ1n) is 8.91. The Morgan fingerprint density at radius 1 is 1.14 bits per heavy atom. The van der Waals surface area contributed by atoms with E-state index in [2.05, 4.69) is 15.5 Å². The number of amides is 2. The lowest BCUT2D eigenvalue weighted by Crippen LogP contribution is -2.40. The molecule has 0 aliphatic carbocycles. The summed E-state index contributed by atoms with van der Waals surface area (Å²) >= 11 is 0. The van der Waals surface area contributed by atoms with E-state index in [1.54, 1.807) is 17.0 Å². The lowest BCUT2D eigenvalue weighted by Gasteiger charge is -2.17. The minimum Gasteiger partial charge on any atom is -0.480 e. The van der Waals surface area contributed by atoms with Crippen LogP contribution in [0.2, 0.25) is 0 Å². The van der Waals surface area contributed by atoms with Gasteiger partial charge in [0.15, 0.2) is 0 Å². The minimum atomic E-state index is -0.627. The van der Waals surface area contributed by atoms with Crippen LogP contribution >= 0.6 is 0 Å². The van der Waals surface area contributed by atoms with Crippen LogP contribution in [-0.2, 0) is 16.1 Å². The molecule has 1 saturated heterocycles. The molecule has 1 fully saturated rings. The molecule has 9 nitrogen and oxygen atoms in total. The highest BCUT2D eigenvalue weighted by Crippen LogP contribution is 2.17. The summed E-state index contributed by atoms with van der Waals surface area (Å²) in [4.78, 5) is 25.6. The third-order valence-corrected chi connectivity index (χ3v) is 4.21. The molecule has 0 radical (unpaired) electrons. The molecular weight excluding hydrogens is 364 g/mol. The Morgan fingerprint density at radius 2 is 1.89 bits per heavy atom. The van der Waals surface area contributed by atoms with Crippen molar-refractivity contribution in [2.75, 3.05) is 26.7 Å². The van der Waals surface area contributed by atoms with Crippen LogP contribution in [0.1, 0.15) is 12.0 Å². The van der Waals surface area contributed by atoms with Gasteiger partial charge in [0.25, 0.3) is 0 Å². The van der Waals surface area contributed by atoms with Crippen LogP contribution in [0, 0.1) is 0 Å². The topological polar surface area (TPSA) is 103 Å². The average Bonchev–Trinajstić information content (AvgIpc) is 3.20. The molecule has 1 aliphatic rings. The van der Waals surface area contributed by atoms with Crippen molar-refractivity contribution in [2.24, 2.45) is 0 Å². The molecule has 1 unspecified atom stereocenters. The van der Waals surface area contributed by atoms with Gasteiger partial charge < -0.3 is 24.4 Å². The van der Waals surface area contributed by atoms with E-state index < -0.39 is 6.09 Å². The van der Waals surface area contributed by atoms with Gasteiger partial charge in [-0.25, -0.2) is 4.79 Å². The summed E-state index contributed by atoms with van der Waals surface area (Å²) in [5.74, 6) is 0.590. The number of rotatable bonds is 7. The van der Waals surface area contributed by atoms with Crippen molar-refractivity contribution in [2.45, 2.75) is 19.1 Å². The summed E-state index contributed by atoms with van der Waals surface area (Å²) in [5, 5.41) is 10.2. The standard InChI is InChI=1S/C19H22N4O5/c1-26-16-7-8-17(22-21-16)28-15-9-10-23(12-15)18(24)11-20-19(25)27-13-14-5-3-2-4-6-14/h2-8,15H,9-13H2,1H3,(H,20,25). The van der Waals surface area contributed by atoms with E-state index in [1.807, 2.05) is 30.3 Å². The average molecular weight is 386 g/mol. The molecule has 0 bridgehead atoms. The van der Waals surface area contributed by atoms with Crippen molar-refractivity contribution in [1.82, 2.24) is 20.4 Å². The number of nitrogens with one attached hydrogen (secondary N) is 1. The highest BCUT2D eigenvalue weighted by molar-refractivity contribution is 5.82. The summed E-state index contributed by atoms with van der Waals surface area (Å²) in [5.41, 5.74) is 0.880. The molecule has 28 heavy (non-hydrogen) atoms. The summed E-state index contributed by atoms with van der Waals surface area (Å²) in [6.07, 6.45) is -0.118. The van der Waals surface area contributed by atoms with Gasteiger partial charge in [-0.05, 0) is 5.56 Å². The fourth-order valence-electron chi connectivity index (χ4n) is 2.73. The van der Waals surface area contributed by atoms with Crippen LogP contribution in [0.4, 0.5) is 4.79 Å². The number of hydrogen-bond donors (Lipinski definition) is 1. The molecule has 2 aromatic rings. The van der Waals surface area contributed by atoms with Gasteiger partial charge in [0.2, 0.25) is 17.7 Å². The number of methoxy groups -OCH3 is 1. The Bertz CT molecular complexity index is 785. The monoisotopic (exact) mass is 386 g/mol. The minimum absolute atomic E-state index is 0.122. The molecule has 0 spiro atoms. The lowest BCUT2D eigenvalue weighted by atomic mass is 10.2. The number of nitrogens with zero attached hydrogens (tertiary/aromatic N) is 3. The van der Waals surface area contributed by atoms with E-state index >= 15 is 0 Å². The van der Waals surface area contributed by atoms with Crippen LogP contribution in [0.15, 0.2) is 42.5 Å². The van der Waals surface area contributed by atoms with Gasteiger partial charge in [-0.1, -0.05) is 30.3 Å². The molecule has 1 aromatic heterocycles. The highest BCUT2D eigenvalue weighted by atomic mass is 16.5. The van der Waals surface area contributed by atoms with E-state index in [9.17, 15) is 9.59 Å². The zero-order valence-corrected chi connectivity index (χ0v) is 15.5. The predicted octanol–water partition coefficient (Wildman–Crippen LogP) is 1.39. The van der Waals surface area contributed by atoms with Gasteiger partial charge in [0, 0.05) is 25.1 Å². The molecule has 1 aliphatic heterocycles. The highest BCUT2D eigenvalue weighted by Gasteiger charge is 2.28. The quantitative estimate of drug-likeness (QED) is 0.767. The normalized spacial score (nSPS) is 15.8. The van der Waals surface area contributed by atoms with Gasteiger partial charge in [0.05, 0.1) is 13.7 Å². The Balaban J connectivity index is 1.37. The second-order valence-corrected chi connectivity index (χ2v) is 6.20. The third-order valence-electron chi connectivity index (χ3n) is 4.21. The molecule has 2 heterocycles. The maximum Gasteiger partial charge on any atom is 0.407 e. The number of likely N-dealkylation sites (tertiary alicyclic amines) is 1. The van der Waals surface area contributed by atoms with Crippen molar-refractivity contribution in [3.63, 3.8) is 0 Å². The van der Waals surface area contributed by atoms with Crippen molar-refractivity contribution in [3.05, 3.63) is 48.0 Å². The van der Waals surface area contributed by atoms with Crippen LogP contribution in [0.3, 0.4) is 0 Å².